The van der Waals surface area contributed by atoms with Crippen LogP contribution in [0.2, 0.25) is 0 Å². The first-order valence-corrected chi connectivity index (χ1v) is 11.1. The van der Waals surface area contributed by atoms with Gasteiger partial charge in [-0.2, -0.15) is 0 Å². The molecule has 4 nitrogen and oxygen atoms in total. The molecule has 1 amide bonds. The third-order valence-corrected chi connectivity index (χ3v) is 7.62. The highest BCUT2D eigenvalue weighted by molar-refractivity contribution is 5.95. The zero-order valence-electron chi connectivity index (χ0n) is 16.8. The van der Waals surface area contributed by atoms with Gasteiger partial charge in [-0.15, -0.1) is 0 Å². The summed E-state index contributed by atoms with van der Waals surface area (Å²) in [5.41, 5.74) is 2.15. The van der Waals surface area contributed by atoms with Gasteiger partial charge in [-0.1, -0.05) is 30.3 Å². The minimum absolute atomic E-state index is 0.00423. The highest BCUT2D eigenvalue weighted by Crippen LogP contribution is 2.53. The average molecular weight is 399 g/mol. The number of benzene rings is 2. The minimum Gasteiger partial charge on any atom is -0.422 e. The fourth-order valence-corrected chi connectivity index (χ4v) is 6.46. The van der Waals surface area contributed by atoms with Gasteiger partial charge in [0.1, 0.15) is 5.58 Å². The summed E-state index contributed by atoms with van der Waals surface area (Å²) >= 11 is 0. The number of nitrogens with one attached hydrogen (secondary N) is 1. The molecule has 1 heterocycles. The zero-order valence-corrected chi connectivity index (χ0v) is 16.8. The van der Waals surface area contributed by atoms with Crippen LogP contribution in [-0.2, 0) is 0 Å². The largest absolute Gasteiger partial charge is 0.422 e. The van der Waals surface area contributed by atoms with E-state index in [2.05, 4.69) is 5.32 Å². The zero-order chi connectivity index (χ0) is 20.2. The molecule has 0 atom stereocenters. The van der Waals surface area contributed by atoms with Crippen molar-refractivity contribution in [3.63, 3.8) is 0 Å². The molecule has 4 bridgehead atoms. The number of carbonyl (C=O) groups excluding carboxylic acids is 1. The SMILES string of the molecule is O=C(NC1C2CC3CC(C2)CC1C3)c1ccc(-c2cc3ccccc3oc2=O)cc1. The normalized spacial score (nSPS) is 29.3. The average Bonchev–Trinajstić information content (AvgIpc) is 2.75. The molecule has 0 spiro atoms. The quantitative estimate of drug-likeness (QED) is 0.630. The third-order valence-electron chi connectivity index (χ3n) is 7.62. The Balaban J connectivity index is 1.22. The molecule has 1 aromatic heterocycles. The van der Waals surface area contributed by atoms with E-state index in [1.54, 1.807) is 6.07 Å². The molecule has 4 aliphatic rings. The molecule has 2 aromatic carbocycles. The topological polar surface area (TPSA) is 59.3 Å². The summed E-state index contributed by atoms with van der Waals surface area (Å²) < 4.78 is 5.45. The van der Waals surface area contributed by atoms with Crippen molar-refractivity contribution < 1.29 is 9.21 Å². The smallest absolute Gasteiger partial charge is 0.344 e. The van der Waals surface area contributed by atoms with Gasteiger partial charge < -0.3 is 9.73 Å². The van der Waals surface area contributed by atoms with Crippen molar-refractivity contribution in [1.82, 2.24) is 5.32 Å². The monoisotopic (exact) mass is 399 g/mol. The molecule has 7 rings (SSSR count). The van der Waals surface area contributed by atoms with Crippen LogP contribution in [0, 0.1) is 23.7 Å². The predicted molar refractivity (Wildman–Crippen MR) is 116 cm³/mol. The Bertz CT molecular complexity index is 1150. The summed E-state index contributed by atoms with van der Waals surface area (Å²) in [6.45, 7) is 0. The van der Waals surface area contributed by atoms with Crippen LogP contribution in [0.5, 0.6) is 0 Å². The number of rotatable bonds is 3. The van der Waals surface area contributed by atoms with Gasteiger partial charge in [-0.05, 0) is 85.6 Å². The number of carbonyl (C=O) groups is 1. The van der Waals surface area contributed by atoms with Gasteiger partial charge in [0.2, 0.25) is 0 Å². The Morgan fingerprint density at radius 1 is 0.867 bits per heavy atom. The molecular weight excluding hydrogens is 374 g/mol. The molecule has 4 saturated carbocycles. The molecule has 4 heteroatoms. The fraction of sp³-hybridized carbons (Fsp3) is 0.385. The van der Waals surface area contributed by atoms with Crippen molar-refractivity contribution in [3.05, 3.63) is 70.6 Å². The third kappa shape index (κ3) is 2.97. The van der Waals surface area contributed by atoms with Crippen LogP contribution in [0.4, 0.5) is 0 Å². The Morgan fingerprint density at radius 3 is 2.23 bits per heavy atom. The van der Waals surface area contributed by atoms with Gasteiger partial charge in [0.05, 0.1) is 5.56 Å². The maximum absolute atomic E-state index is 12.9. The molecule has 0 unspecified atom stereocenters. The Kier molecular flexibility index (Phi) is 4.08. The lowest BCUT2D eigenvalue weighted by molar-refractivity contribution is -0.0119. The van der Waals surface area contributed by atoms with E-state index < -0.39 is 0 Å². The van der Waals surface area contributed by atoms with E-state index in [0.29, 0.717) is 34.6 Å². The Labute approximate surface area is 175 Å². The number of amides is 1. The summed E-state index contributed by atoms with van der Waals surface area (Å²) in [5.74, 6) is 3.12. The van der Waals surface area contributed by atoms with Gasteiger partial charge in [0, 0.05) is 17.0 Å². The second-order valence-electron chi connectivity index (χ2n) is 9.49. The maximum Gasteiger partial charge on any atom is 0.344 e. The Morgan fingerprint density at radius 2 is 1.53 bits per heavy atom. The van der Waals surface area contributed by atoms with E-state index in [0.717, 1.165) is 22.8 Å². The van der Waals surface area contributed by atoms with E-state index >= 15 is 0 Å². The number of hydrogen-bond acceptors (Lipinski definition) is 3. The first-order chi connectivity index (χ1) is 14.6. The van der Waals surface area contributed by atoms with Gasteiger partial charge >= 0.3 is 5.63 Å². The molecular formula is C26H25NO3. The van der Waals surface area contributed by atoms with Gasteiger partial charge in [0.15, 0.2) is 0 Å². The number of hydrogen-bond donors (Lipinski definition) is 1. The standard InChI is InChI=1S/C26H25NO3/c28-25(27-24-20-10-15-9-16(12-20)13-21(24)11-15)18-7-5-17(6-8-18)22-14-19-3-1-2-4-23(19)30-26(22)29/h1-8,14-16,20-21,24H,9-13H2,(H,27,28). The van der Waals surface area contributed by atoms with E-state index in [4.69, 9.17) is 4.42 Å². The molecule has 4 aliphatic carbocycles. The molecule has 30 heavy (non-hydrogen) atoms. The summed E-state index contributed by atoms with van der Waals surface area (Å²) in [6, 6.07) is 17.0. The lowest BCUT2D eigenvalue weighted by atomic mass is 9.54. The van der Waals surface area contributed by atoms with Crippen molar-refractivity contribution >= 4 is 16.9 Å². The molecule has 1 N–H and O–H groups in total. The van der Waals surface area contributed by atoms with Gasteiger partial charge in [-0.25, -0.2) is 4.79 Å². The van der Waals surface area contributed by atoms with Crippen LogP contribution in [0.3, 0.4) is 0 Å². The van der Waals surface area contributed by atoms with Crippen LogP contribution in [0.1, 0.15) is 42.5 Å². The van der Waals surface area contributed by atoms with Gasteiger partial charge in [0.25, 0.3) is 5.91 Å². The van der Waals surface area contributed by atoms with Crippen LogP contribution >= 0.6 is 0 Å². The first-order valence-electron chi connectivity index (χ1n) is 11.1. The molecule has 0 aliphatic heterocycles. The van der Waals surface area contributed by atoms with Crippen LogP contribution in [0.15, 0.2) is 63.8 Å². The predicted octanol–water partition coefficient (Wildman–Crippen LogP) is 5.01. The van der Waals surface area contributed by atoms with E-state index in [9.17, 15) is 9.59 Å². The Hall–Kier alpha value is -2.88. The lowest BCUT2D eigenvalue weighted by Gasteiger charge is -2.54. The van der Waals surface area contributed by atoms with E-state index in [1.165, 1.54) is 32.1 Å². The van der Waals surface area contributed by atoms with Crippen molar-refractivity contribution in [2.24, 2.45) is 23.7 Å². The van der Waals surface area contributed by atoms with Crippen LogP contribution in [0.25, 0.3) is 22.1 Å². The van der Waals surface area contributed by atoms with Crippen LogP contribution < -0.4 is 10.9 Å². The number of para-hydroxylation sites is 1. The second-order valence-corrected chi connectivity index (χ2v) is 9.49. The molecule has 0 saturated heterocycles. The van der Waals surface area contributed by atoms with Crippen molar-refractivity contribution in [2.75, 3.05) is 0 Å². The first kappa shape index (κ1) is 17.9. The lowest BCUT2D eigenvalue weighted by Crippen LogP contribution is -2.55. The van der Waals surface area contributed by atoms with Crippen molar-refractivity contribution in [3.8, 4) is 11.1 Å². The van der Waals surface area contributed by atoms with Crippen molar-refractivity contribution in [1.29, 1.82) is 0 Å². The fourth-order valence-electron chi connectivity index (χ4n) is 6.46. The van der Waals surface area contributed by atoms with Crippen molar-refractivity contribution in [2.45, 2.75) is 38.1 Å². The summed E-state index contributed by atoms with van der Waals surface area (Å²) in [5, 5.41) is 4.24. The highest BCUT2D eigenvalue weighted by Gasteiger charge is 2.48. The van der Waals surface area contributed by atoms with Gasteiger partial charge in [-0.3, -0.25) is 4.79 Å². The molecule has 152 valence electrons. The highest BCUT2D eigenvalue weighted by atomic mass is 16.4. The molecule has 4 fully saturated rings. The van der Waals surface area contributed by atoms with E-state index in [-0.39, 0.29) is 11.5 Å². The number of fused-ring (bicyclic) bond motifs is 1. The van der Waals surface area contributed by atoms with Crippen LogP contribution in [-0.4, -0.2) is 11.9 Å². The second kappa shape index (κ2) is 6.83. The minimum atomic E-state index is -0.362. The summed E-state index contributed by atoms with van der Waals surface area (Å²) in [6.07, 6.45) is 6.56. The summed E-state index contributed by atoms with van der Waals surface area (Å²) in [4.78, 5) is 25.3. The molecule has 0 radical (unpaired) electrons. The maximum atomic E-state index is 12.9. The molecule has 3 aromatic rings. The summed E-state index contributed by atoms with van der Waals surface area (Å²) in [7, 11) is 0. The van der Waals surface area contributed by atoms with E-state index in [1.807, 2.05) is 48.5 Å².